The lowest BCUT2D eigenvalue weighted by Gasteiger charge is -2.11. The fraction of sp³-hybridized carbons (Fsp3) is 0.300. The van der Waals surface area contributed by atoms with Crippen LogP contribution < -0.4 is 14.8 Å². The number of aryl methyl sites for hydroxylation is 1. The molecule has 158 valence electrons. The molecule has 3 rings (SSSR count). The maximum absolute atomic E-state index is 12.5. The predicted octanol–water partition coefficient (Wildman–Crippen LogP) is 2.74. The molecule has 1 aromatic carbocycles. The van der Waals surface area contributed by atoms with E-state index in [1.165, 1.54) is 11.8 Å². The summed E-state index contributed by atoms with van der Waals surface area (Å²) in [5.74, 6) is 1.79. The number of carbonyl (C=O) groups excluding carboxylic acids is 1. The summed E-state index contributed by atoms with van der Waals surface area (Å²) in [5, 5.41) is 11.8. The van der Waals surface area contributed by atoms with Gasteiger partial charge in [0.2, 0.25) is 11.8 Å². The molecular formula is C20H23N5O4S. The van der Waals surface area contributed by atoms with Crippen molar-refractivity contribution in [1.82, 2.24) is 19.7 Å². The summed E-state index contributed by atoms with van der Waals surface area (Å²) < 4.78 is 17.6. The number of thioether (sulfide) groups is 1. The first-order valence-corrected chi connectivity index (χ1v) is 10.2. The number of carbonyl (C=O) groups is 1. The summed E-state index contributed by atoms with van der Waals surface area (Å²) in [6.45, 7) is 2.64. The lowest BCUT2D eigenvalue weighted by atomic mass is 10.3. The maximum Gasteiger partial charge on any atom is 0.237 e. The Morgan fingerprint density at radius 2 is 1.93 bits per heavy atom. The normalized spacial score (nSPS) is 10.6. The number of nitrogens with zero attached hydrogens (tertiary/aromatic N) is 4. The van der Waals surface area contributed by atoms with E-state index in [0.29, 0.717) is 29.9 Å². The summed E-state index contributed by atoms with van der Waals surface area (Å²) in [6.07, 6.45) is 1.60. The molecule has 10 heteroatoms. The van der Waals surface area contributed by atoms with Crippen molar-refractivity contribution in [2.45, 2.75) is 12.1 Å². The van der Waals surface area contributed by atoms with E-state index < -0.39 is 0 Å². The Labute approximate surface area is 178 Å². The zero-order valence-corrected chi connectivity index (χ0v) is 17.8. The minimum atomic E-state index is -0.202. The van der Waals surface area contributed by atoms with E-state index in [9.17, 15) is 4.79 Å². The Hall–Kier alpha value is -3.11. The quantitative estimate of drug-likeness (QED) is 0.388. The number of hydrogen-bond acceptors (Lipinski definition) is 8. The molecule has 30 heavy (non-hydrogen) atoms. The number of amides is 1. The van der Waals surface area contributed by atoms with Crippen molar-refractivity contribution < 1.29 is 19.0 Å². The van der Waals surface area contributed by atoms with Crippen LogP contribution in [0.1, 0.15) is 5.82 Å². The van der Waals surface area contributed by atoms with Gasteiger partial charge in [0.05, 0.1) is 19.5 Å². The molecule has 0 aliphatic carbocycles. The van der Waals surface area contributed by atoms with Crippen LogP contribution in [0.3, 0.4) is 0 Å². The van der Waals surface area contributed by atoms with Gasteiger partial charge in [-0.3, -0.25) is 9.36 Å². The molecule has 0 aliphatic rings. The molecule has 0 radical (unpaired) electrons. The van der Waals surface area contributed by atoms with Crippen molar-refractivity contribution in [1.29, 1.82) is 0 Å². The molecule has 1 N–H and O–H groups in total. The molecule has 0 saturated heterocycles. The monoisotopic (exact) mass is 429 g/mol. The standard InChI is InChI=1S/C20H23N5O4S/c1-14-23-24-20(25(14)15-6-8-16(28-3)9-7-15)30-13-18(26)22-17-5-4-10-21-19(17)29-12-11-27-2/h4-10H,11-13H2,1-3H3,(H,22,26). The van der Waals surface area contributed by atoms with Crippen LogP contribution in [0.2, 0.25) is 0 Å². The molecule has 0 fully saturated rings. The van der Waals surface area contributed by atoms with Crippen LogP contribution in [0, 0.1) is 6.92 Å². The third-order valence-corrected chi connectivity index (χ3v) is 4.96. The second-order valence-corrected chi connectivity index (χ2v) is 7.04. The smallest absolute Gasteiger partial charge is 0.237 e. The molecular weight excluding hydrogens is 406 g/mol. The van der Waals surface area contributed by atoms with Crippen molar-refractivity contribution in [3.05, 3.63) is 48.4 Å². The lowest BCUT2D eigenvalue weighted by Crippen LogP contribution is -2.16. The van der Waals surface area contributed by atoms with E-state index in [1.54, 1.807) is 32.5 Å². The van der Waals surface area contributed by atoms with Crippen molar-refractivity contribution >= 4 is 23.4 Å². The Morgan fingerprint density at radius 3 is 2.67 bits per heavy atom. The van der Waals surface area contributed by atoms with Crippen LogP contribution in [-0.4, -0.2) is 58.8 Å². The fourth-order valence-corrected chi connectivity index (χ4v) is 3.40. The number of benzene rings is 1. The summed E-state index contributed by atoms with van der Waals surface area (Å²) >= 11 is 1.29. The molecule has 0 unspecified atom stereocenters. The highest BCUT2D eigenvalue weighted by Gasteiger charge is 2.15. The Kier molecular flexibility index (Phi) is 7.63. The van der Waals surface area contributed by atoms with Crippen LogP contribution in [0.25, 0.3) is 5.69 Å². The van der Waals surface area contributed by atoms with Gasteiger partial charge in [-0.1, -0.05) is 11.8 Å². The minimum absolute atomic E-state index is 0.153. The molecule has 0 saturated carbocycles. The molecule has 3 aromatic rings. The van der Waals surface area contributed by atoms with Crippen LogP contribution in [-0.2, 0) is 9.53 Å². The SMILES string of the molecule is COCCOc1ncccc1NC(=O)CSc1nnc(C)n1-c1ccc(OC)cc1. The zero-order valence-electron chi connectivity index (χ0n) is 17.0. The average molecular weight is 430 g/mol. The molecule has 2 aromatic heterocycles. The van der Waals surface area contributed by atoms with Gasteiger partial charge in [0.25, 0.3) is 0 Å². The van der Waals surface area contributed by atoms with Crippen LogP contribution in [0.5, 0.6) is 11.6 Å². The summed E-state index contributed by atoms with van der Waals surface area (Å²) in [7, 11) is 3.21. The second-order valence-electron chi connectivity index (χ2n) is 6.10. The molecule has 0 atom stereocenters. The van der Waals surface area contributed by atoms with E-state index in [0.717, 1.165) is 17.3 Å². The molecule has 0 bridgehead atoms. The van der Waals surface area contributed by atoms with E-state index in [-0.39, 0.29) is 11.7 Å². The van der Waals surface area contributed by atoms with Gasteiger partial charge >= 0.3 is 0 Å². The number of pyridine rings is 1. The number of aromatic nitrogens is 4. The third-order valence-electron chi connectivity index (χ3n) is 4.03. The summed E-state index contributed by atoms with van der Waals surface area (Å²) in [5.41, 5.74) is 1.40. The largest absolute Gasteiger partial charge is 0.497 e. The predicted molar refractivity (Wildman–Crippen MR) is 114 cm³/mol. The number of nitrogens with one attached hydrogen (secondary N) is 1. The van der Waals surface area contributed by atoms with Crippen LogP contribution >= 0.6 is 11.8 Å². The molecule has 1 amide bonds. The van der Waals surface area contributed by atoms with Crippen LogP contribution in [0.15, 0.2) is 47.8 Å². The Bertz CT molecular complexity index is 978. The molecule has 9 nitrogen and oxygen atoms in total. The highest BCUT2D eigenvalue weighted by molar-refractivity contribution is 7.99. The average Bonchev–Trinajstić information content (AvgIpc) is 3.14. The lowest BCUT2D eigenvalue weighted by molar-refractivity contribution is -0.113. The van der Waals surface area contributed by atoms with Gasteiger partial charge in [0, 0.05) is 19.0 Å². The molecule has 0 aliphatic heterocycles. The van der Waals surface area contributed by atoms with Crippen molar-refractivity contribution in [3.8, 4) is 17.3 Å². The number of methoxy groups -OCH3 is 2. The Morgan fingerprint density at radius 1 is 1.13 bits per heavy atom. The highest BCUT2D eigenvalue weighted by atomic mass is 32.2. The number of anilines is 1. The zero-order chi connectivity index (χ0) is 21.3. The minimum Gasteiger partial charge on any atom is -0.497 e. The number of rotatable bonds is 10. The number of ether oxygens (including phenoxy) is 3. The summed E-state index contributed by atoms with van der Waals surface area (Å²) in [6, 6.07) is 11.0. The summed E-state index contributed by atoms with van der Waals surface area (Å²) in [4.78, 5) is 16.6. The highest BCUT2D eigenvalue weighted by Crippen LogP contribution is 2.25. The van der Waals surface area contributed by atoms with Crippen LogP contribution in [0.4, 0.5) is 5.69 Å². The maximum atomic E-state index is 12.5. The van der Waals surface area contributed by atoms with Crippen molar-refractivity contribution in [2.24, 2.45) is 0 Å². The van der Waals surface area contributed by atoms with Gasteiger partial charge in [0.15, 0.2) is 5.16 Å². The van der Waals surface area contributed by atoms with Gasteiger partial charge in [-0.15, -0.1) is 10.2 Å². The van der Waals surface area contributed by atoms with E-state index in [1.807, 2.05) is 35.8 Å². The van der Waals surface area contributed by atoms with Gasteiger partial charge in [-0.05, 0) is 43.3 Å². The topological polar surface area (TPSA) is 100 Å². The first-order valence-electron chi connectivity index (χ1n) is 9.18. The molecule has 0 spiro atoms. The number of hydrogen-bond donors (Lipinski definition) is 1. The van der Waals surface area contributed by atoms with E-state index >= 15 is 0 Å². The van der Waals surface area contributed by atoms with Crippen molar-refractivity contribution in [3.63, 3.8) is 0 Å². The molecule has 2 heterocycles. The van der Waals surface area contributed by atoms with E-state index in [4.69, 9.17) is 14.2 Å². The van der Waals surface area contributed by atoms with Gasteiger partial charge in [-0.25, -0.2) is 4.98 Å². The van der Waals surface area contributed by atoms with Gasteiger partial charge < -0.3 is 19.5 Å². The Balaban J connectivity index is 1.65. The first kappa shape index (κ1) is 21.6. The first-order chi connectivity index (χ1) is 14.6. The van der Waals surface area contributed by atoms with Gasteiger partial charge in [0.1, 0.15) is 23.9 Å². The van der Waals surface area contributed by atoms with E-state index in [2.05, 4.69) is 20.5 Å². The third kappa shape index (κ3) is 5.49. The van der Waals surface area contributed by atoms with Gasteiger partial charge in [-0.2, -0.15) is 0 Å². The van der Waals surface area contributed by atoms with Crippen molar-refractivity contribution in [2.75, 3.05) is 38.5 Å². The fourth-order valence-electron chi connectivity index (χ4n) is 2.60. The second kappa shape index (κ2) is 10.6.